The highest BCUT2D eigenvalue weighted by Crippen LogP contribution is 2.48. The Morgan fingerprint density at radius 3 is 2.27 bits per heavy atom. The number of nitrogens with one attached hydrogen (secondary N) is 1. The number of carbonyl (C=O) groups excluding carboxylic acids is 3. The van der Waals surface area contributed by atoms with Gasteiger partial charge in [-0.1, -0.05) is 43.7 Å². The van der Waals surface area contributed by atoms with Crippen molar-refractivity contribution in [1.82, 2.24) is 25.1 Å². The lowest BCUT2D eigenvalue weighted by molar-refractivity contribution is -0.134. The molecule has 1 atom stereocenters. The van der Waals surface area contributed by atoms with Crippen molar-refractivity contribution in [2.75, 3.05) is 52.2 Å². The summed E-state index contributed by atoms with van der Waals surface area (Å²) in [4.78, 5) is 52.4. The number of piperazine rings is 1. The van der Waals surface area contributed by atoms with Crippen LogP contribution in [0.1, 0.15) is 44.1 Å². The normalized spacial score (nSPS) is 14.2. The maximum atomic E-state index is 13.9. The number of ether oxygens (including phenoxy) is 1. The van der Waals surface area contributed by atoms with E-state index in [0.717, 1.165) is 24.0 Å². The Kier molecular flexibility index (Phi) is 12.6. The molecule has 0 spiro atoms. The molecule has 1 aliphatic rings. The Morgan fingerprint density at radius 1 is 0.956 bits per heavy atom. The van der Waals surface area contributed by atoms with Gasteiger partial charge in [-0.3, -0.25) is 14.2 Å². The number of hydrogen-bond acceptors (Lipinski definition) is 10. The smallest absolute Gasteiger partial charge is 0.409 e. The molecule has 1 N–H and O–H groups in total. The van der Waals surface area contributed by atoms with Crippen molar-refractivity contribution in [1.29, 1.82) is 0 Å². The topological polar surface area (TPSA) is 140 Å². The third-order valence-electron chi connectivity index (χ3n) is 7.04. The lowest BCUT2D eigenvalue weighted by atomic mass is 10.1. The van der Waals surface area contributed by atoms with E-state index in [4.69, 9.17) is 13.8 Å². The molecule has 12 nitrogen and oxygen atoms in total. The summed E-state index contributed by atoms with van der Waals surface area (Å²) in [7, 11) is -3.76. The lowest BCUT2D eigenvalue weighted by Gasteiger charge is -2.36. The minimum Gasteiger partial charge on any atom is -0.449 e. The summed E-state index contributed by atoms with van der Waals surface area (Å²) in [6.07, 6.45) is 0.900. The van der Waals surface area contributed by atoms with E-state index >= 15 is 0 Å². The van der Waals surface area contributed by atoms with Crippen LogP contribution in [0.25, 0.3) is 22.6 Å². The number of aromatic nitrogens is 2. The highest BCUT2D eigenvalue weighted by atomic mass is 32.1. The van der Waals surface area contributed by atoms with E-state index in [0.29, 0.717) is 18.1 Å². The third-order valence-corrected chi connectivity index (χ3v) is 9.84. The zero-order valence-corrected chi connectivity index (χ0v) is 27.6. The molecule has 0 aliphatic carbocycles. The molecule has 0 bridgehead atoms. The van der Waals surface area contributed by atoms with E-state index in [1.165, 1.54) is 16.2 Å². The highest BCUT2D eigenvalue weighted by Gasteiger charge is 2.37. The minimum absolute atomic E-state index is 0.0464. The molecule has 1 fully saturated rings. The van der Waals surface area contributed by atoms with Crippen molar-refractivity contribution in [2.24, 2.45) is 0 Å². The molecule has 0 radical (unpaired) electrons. The maximum Gasteiger partial charge on any atom is 0.409 e. The molecule has 1 aromatic carbocycles. The van der Waals surface area contributed by atoms with Gasteiger partial charge >= 0.3 is 13.7 Å². The number of benzene rings is 1. The first kappa shape index (κ1) is 34.2. The number of unbranched alkanes of at least 4 members (excludes halogenated alkanes) is 1. The minimum atomic E-state index is -3.76. The molecule has 0 saturated carbocycles. The van der Waals surface area contributed by atoms with Crippen molar-refractivity contribution in [2.45, 2.75) is 39.7 Å². The average molecular weight is 658 g/mol. The van der Waals surface area contributed by atoms with Crippen LogP contribution in [-0.2, 0) is 23.1 Å². The molecule has 242 valence electrons. The van der Waals surface area contributed by atoms with Gasteiger partial charge in [0, 0.05) is 42.7 Å². The number of hydrogen-bond donors (Lipinski definition) is 1. The molecular weight excluding hydrogens is 617 g/mol. The number of carbonyl (C=O) groups is 3. The predicted octanol–water partition coefficient (Wildman–Crippen LogP) is 5.32. The predicted molar refractivity (Wildman–Crippen MR) is 172 cm³/mol. The first-order chi connectivity index (χ1) is 21.8. The van der Waals surface area contributed by atoms with Gasteiger partial charge in [0.05, 0.1) is 31.7 Å². The average Bonchev–Trinajstić information content (AvgIpc) is 3.60. The van der Waals surface area contributed by atoms with E-state index in [2.05, 4.69) is 15.3 Å². The van der Waals surface area contributed by atoms with Gasteiger partial charge in [-0.15, -0.1) is 0 Å². The summed E-state index contributed by atoms with van der Waals surface area (Å²) in [5.41, 5.74) is 2.14. The van der Waals surface area contributed by atoms with Gasteiger partial charge in [0.2, 0.25) is 5.91 Å². The van der Waals surface area contributed by atoms with Crippen LogP contribution < -0.4 is 5.32 Å². The summed E-state index contributed by atoms with van der Waals surface area (Å²) in [5.74, 6) is -0.747. The molecule has 3 amide bonds. The molecular formula is C31H40N5O7PS. The van der Waals surface area contributed by atoms with Gasteiger partial charge in [0.1, 0.15) is 11.7 Å². The van der Waals surface area contributed by atoms with E-state index in [-0.39, 0.29) is 51.2 Å². The van der Waals surface area contributed by atoms with Gasteiger partial charge in [0.25, 0.3) is 5.91 Å². The van der Waals surface area contributed by atoms with Gasteiger partial charge in [-0.25, -0.2) is 14.8 Å². The Morgan fingerprint density at radius 2 is 1.64 bits per heavy atom. The molecule has 14 heteroatoms. The van der Waals surface area contributed by atoms with Crippen molar-refractivity contribution in [3.63, 3.8) is 0 Å². The summed E-state index contributed by atoms with van der Waals surface area (Å²) in [5, 5.41) is 6.60. The first-order valence-corrected chi connectivity index (χ1v) is 17.8. The summed E-state index contributed by atoms with van der Waals surface area (Å²) < 4.78 is 29.9. The maximum absolute atomic E-state index is 13.9. The van der Waals surface area contributed by atoms with Crippen LogP contribution in [-0.4, -0.2) is 95.9 Å². The van der Waals surface area contributed by atoms with Gasteiger partial charge in [-0.05, 0) is 37.8 Å². The van der Waals surface area contributed by atoms with Crippen LogP contribution in [0.2, 0.25) is 0 Å². The summed E-state index contributed by atoms with van der Waals surface area (Å²) in [6, 6.07) is 11.5. The van der Waals surface area contributed by atoms with Crippen LogP contribution in [0.4, 0.5) is 4.79 Å². The van der Waals surface area contributed by atoms with Crippen molar-refractivity contribution in [3.8, 4) is 22.6 Å². The Balaban J connectivity index is 1.58. The van der Waals surface area contributed by atoms with Crippen molar-refractivity contribution < 1.29 is 32.7 Å². The molecule has 45 heavy (non-hydrogen) atoms. The van der Waals surface area contributed by atoms with E-state index in [1.54, 1.807) is 24.8 Å². The number of thiophene rings is 1. The van der Waals surface area contributed by atoms with Gasteiger partial charge in [-0.2, -0.15) is 11.3 Å². The Hall–Kier alpha value is -3.64. The fourth-order valence-corrected chi connectivity index (χ4v) is 7.16. The Bertz CT molecular complexity index is 1460. The standard InChI is InChI=1S/C31H40N5O7PS/c1-4-7-18-41-31(39)36-16-14-35(15-17-36)30(38)27(21-44(40,42-5-2)43-6-3)34-29(37)26-20-25(24-13-19-45-22-24)32-28(33-26)23-11-9-8-10-12-23/h8-13,19-20,22,27H,4-7,14-18,21H2,1-3H3,(H,34,37)/t27-/m0/s1. The lowest BCUT2D eigenvalue weighted by Crippen LogP contribution is -2.57. The van der Waals surface area contributed by atoms with Crippen molar-refractivity contribution in [3.05, 3.63) is 58.9 Å². The second-order valence-corrected chi connectivity index (χ2v) is 13.2. The number of nitrogens with zero attached hydrogens (tertiary/aromatic N) is 4. The van der Waals surface area contributed by atoms with E-state index < -0.39 is 31.5 Å². The van der Waals surface area contributed by atoms with Crippen LogP contribution in [0.5, 0.6) is 0 Å². The van der Waals surface area contributed by atoms with Crippen LogP contribution in [0, 0.1) is 0 Å². The van der Waals surface area contributed by atoms with Crippen LogP contribution >= 0.6 is 18.9 Å². The quantitative estimate of drug-likeness (QED) is 0.180. The zero-order chi connectivity index (χ0) is 32.2. The number of rotatable bonds is 14. The monoisotopic (exact) mass is 657 g/mol. The zero-order valence-electron chi connectivity index (χ0n) is 25.8. The third kappa shape index (κ3) is 9.43. The highest BCUT2D eigenvalue weighted by molar-refractivity contribution is 7.54. The molecule has 0 unspecified atom stereocenters. The van der Waals surface area contributed by atoms with E-state index in [9.17, 15) is 18.9 Å². The molecule has 2 aromatic heterocycles. The molecule has 1 aliphatic heterocycles. The molecule has 4 rings (SSSR count). The Labute approximate surface area is 267 Å². The second kappa shape index (κ2) is 16.6. The van der Waals surface area contributed by atoms with Gasteiger partial charge < -0.3 is 28.9 Å². The first-order valence-electron chi connectivity index (χ1n) is 15.1. The van der Waals surface area contributed by atoms with Gasteiger partial charge in [0.15, 0.2) is 5.82 Å². The fourth-order valence-electron chi connectivity index (χ4n) is 4.74. The molecule has 1 saturated heterocycles. The largest absolute Gasteiger partial charge is 0.449 e. The molecule has 3 aromatic rings. The van der Waals surface area contributed by atoms with Crippen LogP contribution in [0.15, 0.2) is 53.2 Å². The number of amides is 3. The second-order valence-electron chi connectivity index (χ2n) is 10.3. The van der Waals surface area contributed by atoms with Crippen molar-refractivity contribution >= 4 is 36.8 Å². The van der Waals surface area contributed by atoms with Crippen LogP contribution in [0.3, 0.4) is 0 Å². The fraction of sp³-hybridized carbons (Fsp3) is 0.452. The SMILES string of the molecule is CCCCOC(=O)N1CCN(C(=O)[C@H](CP(=O)(OCC)OCC)NC(=O)c2cc(-c3ccsc3)nc(-c3ccccc3)n2)CC1. The molecule has 3 heterocycles. The van der Waals surface area contributed by atoms with E-state index in [1.807, 2.05) is 54.1 Å². The summed E-state index contributed by atoms with van der Waals surface area (Å²) >= 11 is 1.50. The summed E-state index contributed by atoms with van der Waals surface area (Å²) in [6.45, 7) is 6.88.